The third kappa shape index (κ3) is 2.60. The minimum Gasteiger partial charge on any atom is -0.493 e. The summed E-state index contributed by atoms with van der Waals surface area (Å²) in [5.41, 5.74) is 1.18. The molecule has 16 heavy (non-hydrogen) atoms. The lowest BCUT2D eigenvalue weighted by atomic mass is 10.0. The van der Waals surface area contributed by atoms with Gasteiger partial charge in [-0.3, -0.25) is 4.79 Å². The van der Waals surface area contributed by atoms with Crippen molar-refractivity contribution in [3.63, 3.8) is 0 Å². The van der Waals surface area contributed by atoms with Gasteiger partial charge in [0.1, 0.15) is 0 Å². The van der Waals surface area contributed by atoms with E-state index in [1.807, 2.05) is 0 Å². The molecule has 0 aromatic heterocycles. The highest BCUT2D eigenvalue weighted by Gasteiger charge is 2.19. The standard InChI is InChI=1S/C11H12Cl2O3/c1-6-4-8(15-2)9(16-3)5-7(6)10(14)11(12)13/h4-5,11H,1-3H3. The van der Waals surface area contributed by atoms with Crippen LogP contribution in [-0.4, -0.2) is 24.8 Å². The van der Waals surface area contributed by atoms with Crippen molar-refractivity contribution >= 4 is 29.0 Å². The van der Waals surface area contributed by atoms with Crippen LogP contribution in [0.1, 0.15) is 15.9 Å². The average molecular weight is 263 g/mol. The molecule has 0 bridgehead atoms. The Morgan fingerprint density at radius 3 is 2.12 bits per heavy atom. The van der Waals surface area contributed by atoms with Gasteiger partial charge in [0.05, 0.1) is 14.2 Å². The molecule has 0 aliphatic rings. The molecule has 0 saturated carbocycles. The Morgan fingerprint density at radius 1 is 1.19 bits per heavy atom. The molecule has 0 spiro atoms. The fourth-order valence-corrected chi connectivity index (χ4v) is 1.60. The molecule has 0 N–H and O–H groups in total. The van der Waals surface area contributed by atoms with Gasteiger partial charge in [0.2, 0.25) is 0 Å². The summed E-state index contributed by atoms with van der Waals surface area (Å²) in [4.78, 5) is 10.6. The number of ketones is 1. The molecule has 0 aliphatic heterocycles. The SMILES string of the molecule is COc1cc(C)c(C(=O)C(Cl)Cl)cc1OC. The second-order valence-electron chi connectivity index (χ2n) is 3.19. The van der Waals surface area contributed by atoms with Crippen LogP contribution >= 0.6 is 23.2 Å². The number of ether oxygens (including phenoxy) is 2. The van der Waals surface area contributed by atoms with Crippen molar-refractivity contribution in [2.45, 2.75) is 11.8 Å². The third-order valence-corrected chi connectivity index (χ3v) is 2.59. The van der Waals surface area contributed by atoms with E-state index in [2.05, 4.69) is 0 Å². The van der Waals surface area contributed by atoms with Gasteiger partial charge in [-0.15, -0.1) is 0 Å². The Morgan fingerprint density at radius 2 is 1.69 bits per heavy atom. The Hall–Kier alpha value is -0.930. The predicted octanol–water partition coefficient (Wildman–Crippen LogP) is 3.00. The van der Waals surface area contributed by atoms with Gasteiger partial charge in [-0.05, 0) is 24.6 Å². The lowest BCUT2D eigenvalue weighted by Gasteiger charge is -2.12. The van der Waals surface area contributed by atoms with Crippen molar-refractivity contribution in [2.75, 3.05) is 14.2 Å². The smallest absolute Gasteiger partial charge is 0.196 e. The maximum absolute atomic E-state index is 11.7. The highest BCUT2D eigenvalue weighted by atomic mass is 35.5. The monoisotopic (exact) mass is 262 g/mol. The molecule has 0 unspecified atom stereocenters. The zero-order chi connectivity index (χ0) is 12.3. The van der Waals surface area contributed by atoms with Crippen molar-refractivity contribution in [1.29, 1.82) is 0 Å². The van der Waals surface area contributed by atoms with Crippen LogP contribution < -0.4 is 9.47 Å². The summed E-state index contributed by atoms with van der Waals surface area (Å²) in [6.07, 6.45) is 0. The number of carbonyl (C=O) groups excluding carboxylic acids is 1. The van der Waals surface area contributed by atoms with Gasteiger partial charge in [0.15, 0.2) is 22.1 Å². The van der Waals surface area contributed by atoms with E-state index in [1.54, 1.807) is 19.1 Å². The molecular weight excluding hydrogens is 251 g/mol. The molecular formula is C11H12Cl2O3. The highest BCUT2D eigenvalue weighted by molar-refractivity contribution is 6.55. The number of carbonyl (C=O) groups is 1. The Balaban J connectivity index is 3.26. The van der Waals surface area contributed by atoms with Crippen molar-refractivity contribution in [2.24, 2.45) is 0 Å². The Labute approximate surface area is 104 Å². The average Bonchev–Trinajstić information content (AvgIpc) is 2.27. The number of hydrogen-bond acceptors (Lipinski definition) is 3. The maximum Gasteiger partial charge on any atom is 0.196 e. The van der Waals surface area contributed by atoms with Crippen LogP contribution in [0.25, 0.3) is 0 Å². The normalized spacial score (nSPS) is 10.4. The van der Waals surface area contributed by atoms with E-state index in [1.165, 1.54) is 14.2 Å². The van der Waals surface area contributed by atoms with Crippen LogP contribution in [0.4, 0.5) is 0 Å². The van der Waals surface area contributed by atoms with Crippen molar-refractivity contribution in [1.82, 2.24) is 0 Å². The van der Waals surface area contributed by atoms with Gasteiger partial charge >= 0.3 is 0 Å². The molecule has 5 heteroatoms. The summed E-state index contributed by atoms with van der Waals surface area (Å²) >= 11 is 11.1. The molecule has 3 nitrogen and oxygen atoms in total. The number of hydrogen-bond donors (Lipinski definition) is 0. The van der Waals surface area contributed by atoms with Crippen LogP contribution in [0.5, 0.6) is 11.5 Å². The zero-order valence-electron chi connectivity index (χ0n) is 9.21. The largest absolute Gasteiger partial charge is 0.493 e. The van der Waals surface area contributed by atoms with Crippen molar-refractivity contribution < 1.29 is 14.3 Å². The van der Waals surface area contributed by atoms with E-state index >= 15 is 0 Å². The van der Waals surface area contributed by atoms with Gasteiger partial charge in [0.25, 0.3) is 0 Å². The first kappa shape index (κ1) is 13.1. The summed E-state index contributed by atoms with van der Waals surface area (Å²) in [7, 11) is 3.03. The number of methoxy groups -OCH3 is 2. The summed E-state index contributed by atoms with van der Waals surface area (Å²) in [6.45, 7) is 1.78. The minimum absolute atomic E-state index is 0.346. The number of benzene rings is 1. The van der Waals surface area contributed by atoms with E-state index in [-0.39, 0.29) is 5.78 Å². The summed E-state index contributed by atoms with van der Waals surface area (Å²) < 4.78 is 10.2. The number of alkyl halides is 2. The molecule has 0 aliphatic carbocycles. The summed E-state index contributed by atoms with van der Waals surface area (Å²) in [5.74, 6) is 0.699. The van der Waals surface area contributed by atoms with Gasteiger partial charge in [0, 0.05) is 5.56 Å². The van der Waals surface area contributed by atoms with E-state index in [9.17, 15) is 4.79 Å². The summed E-state index contributed by atoms with van der Waals surface area (Å²) in [5, 5.41) is 0. The van der Waals surface area contributed by atoms with Crippen LogP contribution in [-0.2, 0) is 0 Å². The molecule has 0 atom stereocenters. The summed E-state index contributed by atoms with van der Waals surface area (Å²) in [6, 6.07) is 3.29. The first-order valence-electron chi connectivity index (χ1n) is 4.56. The maximum atomic E-state index is 11.7. The predicted molar refractivity (Wildman–Crippen MR) is 64.1 cm³/mol. The van der Waals surface area contributed by atoms with E-state index < -0.39 is 4.84 Å². The fraction of sp³-hybridized carbons (Fsp3) is 0.364. The molecule has 0 fully saturated rings. The fourth-order valence-electron chi connectivity index (χ4n) is 1.36. The topological polar surface area (TPSA) is 35.5 Å². The van der Waals surface area contributed by atoms with Gasteiger partial charge in [-0.2, -0.15) is 0 Å². The van der Waals surface area contributed by atoms with Crippen molar-refractivity contribution in [3.05, 3.63) is 23.3 Å². The van der Waals surface area contributed by atoms with E-state index in [0.29, 0.717) is 17.1 Å². The van der Waals surface area contributed by atoms with Gasteiger partial charge < -0.3 is 9.47 Å². The van der Waals surface area contributed by atoms with Crippen LogP contribution in [0.15, 0.2) is 12.1 Å². The lowest BCUT2D eigenvalue weighted by molar-refractivity contribution is 0.101. The minimum atomic E-state index is -1.07. The zero-order valence-corrected chi connectivity index (χ0v) is 10.7. The quantitative estimate of drug-likeness (QED) is 0.618. The second kappa shape index (κ2) is 5.41. The van der Waals surface area contributed by atoms with Gasteiger partial charge in [-0.1, -0.05) is 23.2 Å². The Bertz CT molecular complexity index is 402. The van der Waals surface area contributed by atoms with Crippen LogP contribution in [0.2, 0.25) is 0 Å². The molecule has 1 aromatic rings. The molecule has 88 valence electrons. The molecule has 1 rings (SSSR count). The molecule has 0 amide bonds. The first-order chi connectivity index (χ1) is 7.51. The Kier molecular flexibility index (Phi) is 4.44. The highest BCUT2D eigenvalue weighted by Crippen LogP contribution is 2.31. The van der Waals surface area contributed by atoms with E-state index in [0.717, 1.165) is 5.56 Å². The van der Waals surface area contributed by atoms with E-state index in [4.69, 9.17) is 32.7 Å². The molecule has 0 saturated heterocycles. The van der Waals surface area contributed by atoms with Gasteiger partial charge in [-0.25, -0.2) is 0 Å². The molecule has 0 radical (unpaired) electrons. The van der Waals surface area contributed by atoms with Crippen molar-refractivity contribution in [3.8, 4) is 11.5 Å². The lowest BCUT2D eigenvalue weighted by Crippen LogP contribution is -2.10. The number of aryl methyl sites for hydroxylation is 1. The van der Waals surface area contributed by atoms with Crippen LogP contribution in [0, 0.1) is 6.92 Å². The number of Topliss-reactive ketones (excluding diaryl/α,β-unsaturated/α-hetero) is 1. The second-order valence-corrected chi connectivity index (χ2v) is 4.28. The molecule has 1 aromatic carbocycles. The number of halogens is 2. The van der Waals surface area contributed by atoms with Crippen LogP contribution in [0.3, 0.4) is 0 Å². The first-order valence-corrected chi connectivity index (χ1v) is 5.43. The molecule has 0 heterocycles. The number of rotatable bonds is 4. The third-order valence-electron chi connectivity index (χ3n) is 2.19.